The van der Waals surface area contributed by atoms with Crippen molar-refractivity contribution < 1.29 is 14.1 Å². The molecule has 1 aromatic heterocycles. The molecule has 7 heteroatoms. The zero-order valence-corrected chi connectivity index (χ0v) is 15.0. The highest BCUT2D eigenvalue weighted by Crippen LogP contribution is 2.17. The Hall–Kier alpha value is -2.86. The lowest BCUT2D eigenvalue weighted by atomic mass is 10.1. The standard InChI is InChI=1S/C19H18ClN3O3/c1-13-22-18(26-23-13)12-25-19(24)16-4-2-3-5-17(16)21-11-10-14-6-8-15(20)9-7-14/h2-9,21H,10-12H2,1H3. The normalized spacial score (nSPS) is 10.5. The number of carbonyl (C=O) groups excluding carboxylic acids is 1. The molecule has 26 heavy (non-hydrogen) atoms. The van der Waals surface area contributed by atoms with Gasteiger partial charge < -0.3 is 14.6 Å². The summed E-state index contributed by atoms with van der Waals surface area (Å²) in [5.41, 5.74) is 2.33. The molecule has 0 saturated heterocycles. The van der Waals surface area contributed by atoms with Gasteiger partial charge in [0.15, 0.2) is 12.4 Å². The Balaban J connectivity index is 1.58. The number of para-hydroxylation sites is 1. The molecule has 0 aliphatic rings. The number of aromatic nitrogens is 2. The molecular weight excluding hydrogens is 354 g/mol. The van der Waals surface area contributed by atoms with Crippen molar-refractivity contribution in [3.63, 3.8) is 0 Å². The van der Waals surface area contributed by atoms with Gasteiger partial charge in [0.1, 0.15) is 0 Å². The van der Waals surface area contributed by atoms with Gasteiger partial charge >= 0.3 is 5.97 Å². The zero-order chi connectivity index (χ0) is 18.4. The Morgan fingerprint density at radius 2 is 1.96 bits per heavy atom. The summed E-state index contributed by atoms with van der Waals surface area (Å²) in [4.78, 5) is 16.4. The van der Waals surface area contributed by atoms with Crippen LogP contribution in [0.2, 0.25) is 5.02 Å². The number of halogens is 1. The molecule has 3 rings (SSSR count). The van der Waals surface area contributed by atoms with E-state index >= 15 is 0 Å². The van der Waals surface area contributed by atoms with Crippen molar-refractivity contribution in [3.05, 3.63) is 76.4 Å². The van der Waals surface area contributed by atoms with Crippen molar-refractivity contribution in [3.8, 4) is 0 Å². The third-order valence-electron chi connectivity index (χ3n) is 3.69. The first-order valence-corrected chi connectivity index (χ1v) is 8.53. The van der Waals surface area contributed by atoms with Crippen LogP contribution in [0, 0.1) is 6.92 Å². The Bertz CT molecular complexity index is 878. The van der Waals surface area contributed by atoms with E-state index in [1.165, 1.54) is 0 Å². The molecule has 0 bridgehead atoms. The van der Waals surface area contributed by atoms with Gasteiger partial charge in [-0.15, -0.1) is 0 Å². The number of nitrogens with one attached hydrogen (secondary N) is 1. The van der Waals surface area contributed by atoms with Gasteiger partial charge in [-0.2, -0.15) is 4.98 Å². The number of anilines is 1. The number of nitrogens with zero attached hydrogens (tertiary/aromatic N) is 2. The molecule has 0 saturated carbocycles. The predicted molar refractivity (Wildman–Crippen MR) is 98.2 cm³/mol. The van der Waals surface area contributed by atoms with Crippen LogP contribution in [-0.4, -0.2) is 22.7 Å². The van der Waals surface area contributed by atoms with Crippen LogP contribution in [-0.2, 0) is 17.8 Å². The first-order valence-electron chi connectivity index (χ1n) is 8.15. The topological polar surface area (TPSA) is 77.2 Å². The first kappa shape index (κ1) is 17.9. The summed E-state index contributed by atoms with van der Waals surface area (Å²) in [7, 11) is 0. The van der Waals surface area contributed by atoms with Gasteiger partial charge in [-0.05, 0) is 43.2 Å². The molecule has 0 spiro atoms. The molecule has 0 atom stereocenters. The lowest BCUT2D eigenvalue weighted by Gasteiger charge is -2.11. The van der Waals surface area contributed by atoms with Crippen molar-refractivity contribution in [2.45, 2.75) is 20.0 Å². The molecule has 0 aliphatic heterocycles. The zero-order valence-electron chi connectivity index (χ0n) is 14.2. The van der Waals surface area contributed by atoms with E-state index in [2.05, 4.69) is 15.5 Å². The van der Waals surface area contributed by atoms with Crippen molar-refractivity contribution in [1.82, 2.24) is 10.1 Å². The lowest BCUT2D eigenvalue weighted by Crippen LogP contribution is -2.12. The van der Waals surface area contributed by atoms with Gasteiger partial charge in [0.05, 0.1) is 5.56 Å². The number of rotatable bonds is 7. The van der Waals surface area contributed by atoms with Crippen LogP contribution >= 0.6 is 11.6 Å². The van der Waals surface area contributed by atoms with Crippen molar-refractivity contribution in [1.29, 1.82) is 0 Å². The van der Waals surface area contributed by atoms with Crippen molar-refractivity contribution in [2.24, 2.45) is 0 Å². The van der Waals surface area contributed by atoms with Gasteiger partial charge in [-0.1, -0.05) is 41.0 Å². The second kappa shape index (κ2) is 8.49. The molecule has 0 radical (unpaired) electrons. The van der Waals surface area contributed by atoms with Gasteiger partial charge in [0.2, 0.25) is 0 Å². The molecule has 134 valence electrons. The van der Waals surface area contributed by atoms with E-state index in [1.807, 2.05) is 36.4 Å². The number of carbonyl (C=O) groups is 1. The van der Waals surface area contributed by atoms with E-state index in [0.29, 0.717) is 28.6 Å². The highest BCUT2D eigenvalue weighted by atomic mass is 35.5. The predicted octanol–water partition coefficient (Wildman–Crippen LogP) is 4.04. The van der Waals surface area contributed by atoms with Crippen LogP contribution in [0.25, 0.3) is 0 Å². The quantitative estimate of drug-likeness (QED) is 0.631. The summed E-state index contributed by atoms with van der Waals surface area (Å²) in [5.74, 6) is 0.319. The van der Waals surface area contributed by atoms with Crippen LogP contribution in [0.5, 0.6) is 0 Å². The Kier molecular flexibility index (Phi) is 5.86. The average molecular weight is 372 g/mol. The average Bonchev–Trinajstić information content (AvgIpc) is 3.07. The number of hydrogen-bond acceptors (Lipinski definition) is 6. The fourth-order valence-corrected chi connectivity index (χ4v) is 2.54. The smallest absolute Gasteiger partial charge is 0.340 e. The summed E-state index contributed by atoms with van der Waals surface area (Å²) < 4.78 is 10.2. The number of esters is 1. The molecule has 3 aromatic rings. The molecule has 6 nitrogen and oxygen atoms in total. The Morgan fingerprint density at radius 1 is 1.19 bits per heavy atom. The van der Waals surface area contributed by atoms with E-state index in [0.717, 1.165) is 12.0 Å². The molecule has 0 unspecified atom stereocenters. The molecule has 0 aliphatic carbocycles. The minimum Gasteiger partial charge on any atom is -0.452 e. The number of ether oxygens (including phenoxy) is 1. The second-order valence-corrected chi connectivity index (χ2v) is 6.10. The van der Waals surface area contributed by atoms with Crippen molar-refractivity contribution in [2.75, 3.05) is 11.9 Å². The van der Waals surface area contributed by atoms with E-state index in [-0.39, 0.29) is 12.5 Å². The Morgan fingerprint density at radius 3 is 2.69 bits per heavy atom. The minimum atomic E-state index is -0.449. The van der Waals surface area contributed by atoms with E-state index in [1.54, 1.807) is 19.1 Å². The van der Waals surface area contributed by atoms with Crippen LogP contribution in [0.4, 0.5) is 5.69 Å². The summed E-state index contributed by atoms with van der Waals surface area (Å²) >= 11 is 5.89. The third kappa shape index (κ3) is 4.83. The Labute approximate surface area is 156 Å². The van der Waals surface area contributed by atoms with E-state index in [4.69, 9.17) is 20.9 Å². The molecule has 0 amide bonds. The summed E-state index contributed by atoms with van der Waals surface area (Å²) in [6.07, 6.45) is 0.807. The number of benzene rings is 2. The number of hydrogen-bond donors (Lipinski definition) is 1. The molecule has 2 aromatic carbocycles. The monoisotopic (exact) mass is 371 g/mol. The van der Waals surface area contributed by atoms with Crippen LogP contribution in [0.3, 0.4) is 0 Å². The second-order valence-electron chi connectivity index (χ2n) is 5.66. The van der Waals surface area contributed by atoms with Crippen LogP contribution < -0.4 is 5.32 Å². The SMILES string of the molecule is Cc1noc(COC(=O)c2ccccc2NCCc2ccc(Cl)cc2)n1. The maximum absolute atomic E-state index is 12.3. The largest absolute Gasteiger partial charge is 0.452 e. The van der Waals surface area contributed by atoms with E-state index in [9.17, 15) is 4.79 Å². The molecule has 1 heterocycles. The fraction of sp³-hybridized carbons (Fsp3) is 0.211. The first-order chi connectivity index (χ1) is 12.6. The van der Waals surface area contributed by atoms with Crippen molar-refractivity contribution >= 4 is 23.3 Å². The van der Waals surface area contributed by atoms with Crippen LogP contribution in [0.15, 0.2) is 53.1 Å². The highest BCUT2D eigenvalue weighted by molar-refractivity contribution is 6.30. The molecule has 0 fully saturated rings. The van der Waals surface area contributed by atoms with E-state index < -0.39 is 5.97 Å². The third-order valence-corrected chi connectivity index (χ3v) is 3.94. The minimum absolute atomic E-state index is 0.0568. The van der Waals surface area contributed by atoms with Gasteiger partial charge in [-0.25, -0.2) is 4.79 Å². The lowest BCUT2D eigenvalue weighted by molar-refractivity contribution is 0.0431. The van der Waals surface area contributed by atoms with Gasteiger partial charge in [-0.3, -0.25) is 0 Å². The number of aryl methyl sites for hydroxylation is 1. The highest BCUT2D eigenvalue weighted by Gasteiger charge is 2.14. The molecular formula is C19H18ClN3O3. The summed E-state index contributed by atoms with van der Waals surface area (Å²) in [5, 5.41) is 7.65. The summed E-state index contributed by atoms with van der Waals surface area (Å²) in [6, 6.07) is 14.9. The van der Waals surface area contributed by atoms with Gasteiger partial charge in [0, 0.05) is 17.3 Å². The maximum atomic E-state index is 12.3. The fourth-order valence-electron chi connectivity index (χ4n) is 2.41. The maximum Gasteiger partial charge on any atom is 0.340 e. The molecule has 1 N–H and O–H groups in total. The van der Waals surface area contributed by atoms with Crippen LogP contribution in [0.1, 0.15) is 27.6 Å². The van der Waals surface area contributed by atoms with Gasteiger partial charge in [0.25, 0.3) is 5.89 Å². The summed E-state index contributed by atoms with van der Waals surface area (Å²) in [6.45, 7) is 2.32.